The van der Waals surface area contributed by atoms with Crippen LogP contribution in [0.5, 0.6) is 0 Å². The predicted octanol–water partition coefficient (Wildman–Crippen LogP) is 20.0. The largest absolute Gasteiger partial charge is 0.456 e. The molecule has 2 aromatic heterocycles. The van der Waals surface area contributed by atoms with Gasteiger partial charge in [0.25, 0.3) is 0 Å². The molecule has 12 aromatic rings. The predicted molar refractivity (Wildman–Crippen MR) is 310 cm³/mol. The third-order valence-electron chi connectivity index (χ3n) is 17.8. The molecule has 0 fully saturated rings. The van der Waals surface area contributed by atoms with Gasteiger partial charge < -0.3 is 13.7 Å². The molecular formula is C71H57NO2. The minimum atomic E-state index is -0.322. The van der Waals surface area contributed by atoms with Crippen molar-refractivity contribution in [1.29, 1.82) is 0 Å². The van der Waals surface area contributed by atoms with E-state index in [1.807, 2.05) is 0 Å². The highest BCUT2D eigenvalue weighted by Crippen LogP contribution is 2.60. The summed E-state index contributed by atoms with van der Waals surface area (Å²) in [4.78, 5) is 2.50. The minimum Gasteiger partial charge on any atom is -0.456 e. The van der Waals surface area contributed by atoms with Crippen molar-refractivity contribution in [1.82, 2.24) is 0 Å². The molecule has 0 saturated heterocycles. The molecule has 10 aromatic carbocycles. The lowest BCUT2D eigenvalue weighted by Crippen LogP contribution is -2.18. The van der Waals surface area contributed by atoms with Crippen molar-refractivity contribution >= 4 is 71.7 Å². The summed E-state index contributed by atoms with van der Waals surface area (Å²) >= 11 is 0. The molecule has 0 spiro atoms. The number of para-hydroxylation sites is 2. The number of nitrogens with zero attached hydrogens (tertiary/aromatic N) is 1. The van der Waals surface area contributed by atoms with Gasteiger partial charge in [0.05, 0.1) is 0 Å². The van der Waals surface area contributed by atoms with Crippen LogP contribution in [0.4, 0.5) is 17.1 Å². The Kier molecular flexibility index (Phi) is 8.54. The average molecular weight is 956 g/mol. The second-order valence-electron chi connectivity index (χ2n) is 24.0. The fourth-order valence-electron chi connectivity index (χ4n) is 13.8. The molecule has 74 heavy (non-hydrogen) atoms. The summed E-state index contributed by atoms with van der Waals surface area (Å²) in [5.74, 6) is 0. The Bertz CT molecular complexity index is 4420. The fraction of sp³-hybridized carbons (Fsp3) is 0.183. The summed E-state index contributed by atoms with van der Waals surface area (Å²) < 4.78 is 13.4. The maximum Gasteiger partial charge on any atom is 0.143 e. The van der Waals surface area contributed by atoms with E-state index in [0.717, 1.165) is 50.3 Å². The summed E-state index contributed by atoms with van der Waals surface area (Å²) in [6, 6.07) is 68.2. The first kappa shape index (κ1) is 43.4. The summed E-state index contributed by atoms with van der Waals surface area (Å²) in [6.45, 7) is 21.3. The van der Waals surface area contributed by atoms with Crippen LogP contribution in [0.15, 0.2) is 191 Å². The third-order valence-corrected chi connectivity index (χ3v) is 17.8. The van der Waals surface area contributed by atoms with E-state index in [1.165, 1.54) is 105 Å². The van der Waals surface area contributed by atoms with Gasteiger partial charge in [0, 0.05) is 60.4 Å². The molecule has 0 atom stereocenters. The zero-order valence-electron chi connectivity index (χ0n) is 43.6. The molecule has 0 bridgehead atoms. The van der Waals surface area contributed by atoms with Crippen LogP contribution < -0.4 is 4.90 Å². The molecule has 0 unspecified atom stereocenters. The number of rotatable bonds is 4. The lowest BCUT2D eigenvalue weighted by Gasteiger charge is -2.30. The van der Waals surface area contributed by atoms with Gasteiger partial charge in [-0.15, -0.1) is 0 Å². The van der Waals surface area contributed by atoms with Crippen molar-refractivity contribution < 1.29 is 8.83 Å². The summed E-state index contributed by atoms with van der Waals surface area (Å²) in [6.07, 6.45) is 0. The normalized spacial score (nSPS) is 15.4. The van der Waals surface area contributed by atoms with Gasteiger partial charge in [-0.1, -0.05) is 172 Å². The highest BCUT2D eigenvalue weighted by molar-refractivity contribution is 6.20. The van der Waals surface area contributed by atoms with Gasteiger partial charge in [-0.25, -0.2) is 0 Å². The highest BCUT2D eigenvalue weighted by Gasteiger charge is 2.44. The van der Waals surface area contributed by atoms with Gasteiger partial charge in [0.2, 0.25) is 0 Å². The number of fused-ring (bicyclic) bond motifs is 18. The van der Waals surface area contributed by atoms with E-state index < -0.39 is 0 Å². The van der Waals surface area contributed by atoms with E-state index >= 15 is 0 Å². The Balaban J connectivity index is 0.903. The average Bonchev–Trinajstić information content (AvgIpc) is 4.23. The van der Waals surface area contributed by atoms with E-state index in [2.05, 4.69) is 249 Å². The molecule has 0 radical (unpaired) electrons. The Morgan fingerprint density at radius 3 is 1.61 bits per heavy atom. The van der Waals surface area contributed by atoms with Crippen LogP contribution in [0, 0.1) is 0 Å². The van der Waals surface area contributed by atoms with Crippen LogP contribution in [0.25, 0.3) is 99.2 Å². The van der Waals surface area contributed by atoms with E-state index in [4.69, 9.17) is 8.83 Å². The molecule has 0 N–H and O–H groups in total. The summed E-state index contributed by atoms with van der Waals surface area (Å²) in [7, 11) is 0. The van der Waals surface area contributed by atoms with Crippen LogP contribution in [-0.4, -0.2) is 0 Å². The van der Waals surface area contributed by atoms with Crippen LogP contribution >= 0.6 is 0 Å². The molecule has 0 saturated carbocycles. The SMILES string of the molecule is CC(C)(C)c1ccc(N(c2ccc3c(c2)C(C)(C)c2cc4c(cc2-3)C(C)(C)c2ccc3oc5ccccc5c3c2-4)c2ccc3c(c2)C(C)(C)c2cc(-c4cccc5ccccc45)c4oc5ccccc5c4c2-3)cc1. The van der Waals surface area contributed by atoms with Gasteiger partial charge in [-0.2, -0.15) is 0 Å². The van der Waals surface area contributed by atoms with Gasteiger partial charge >= 0.3 is 0 Å². The van der Waals surface area contributed by atoms with Crippen molar-refractivity contribution in [2.75, 3.05) is 4.90 Å². The molecule has 0 aliphatic heterocycles. The zero-order chi connectivity index (χ0) is 50.4. The van der Waals surface area contributed by atoms with Crippen LogP contribution in [-0.2, 0) is 21.7 Å². The van der Waals surface area contributed by atoms with Crippen LogP contribution in [0.2, 0.25) is 0 Å². The standard InChI is InChI=1S/C71H57NO2/c1-68(2,3)41-25-27-42(28-26-41)72(43-29-31-47-51-37-58-53(39-57(51)70(6,7)55(47)35-43)64-54(69(58,4)5)33-34-62-65(64)49-20-12-14-23-60(49)73-62)44-30-32-48-56(36-44)71(8,9)59-38-52(46-22-16-18-40-17-10-11-19-45(40)46)67-66(63(48)59)50-21-13-15-24-61(50)74-67/h10-39H,1-9H3. The van der Waals surface area contributed by atoms with Gasteiger partial charge in [0.1, 0.15) is 22.3 Å². The van der Waals surface area contributed by atoms with Gasteiger partial charge in [0.15, 0.2) is 0 Å². The second-order valence-corrected chi connectivity index (χ2v) is 24.0. The fourth-order valence-corrected chi connectivity index (χ4v) is 13.8. The van der Waals surface area contributed by atoms with Crippen molar-refractivity contribution in [3.8, 4) is 44.5 Å². The first-order chi connectivity index (χ1) is 35.6. The first-order valence-electron chi connectivity index (χ1n) is 26.4. The number of benzene rings is 10. The number of furan rings is 2. The van der Waals surface area contributed by atoms with Crippen molar-refractivity contribution in [3.05, 3.63) is 221 Å². The molecular weight excluding hydrogens is 899 g/mol. The summed E-state index contributed by atoms with van der Waals surface area (Å²) in [5.41, 5.74) is 26.0. The first-order valence-corrected chi connectivity index (χ1v) is 26.4. The van der Waals surface area contributed by atoms with Crippen molar-refractivity contribution in [2.45, 2.75) is 84.0 Å². The van der Waals surface area contributed by atoms with Gasteiger partial charge in [-0.05, 0) is 167 Å². The molecule has 358 valence electrons. The molecule has 3 aliphatic rings. The molecule has 15 rings (SSSR count). The molecule has 3 heteroatoms. The Morgan fingerprint density at radius 2 is 0.878 bits per heavy atom. The quantitative estimate of drug-likeness (QED) is 0.176. The molecule has 3 nitrogen and oxygen atoms in total. The molecule has 2 heterocycles. The lowest BCUT2D eigenvalue weighted by atomic mass is 9.79. The van der Waals surface area contributed by atoms with Crippen LogP contribution in [0.3, 0.4) is 0 Å². The van der Waals surface area contributed by atoms with E-state index in [-0.39, 0.29) is 21.7 Å². The topological polar surface area (TPSA) is 29.5 Å². The molecule has 3 aliphatic carbocycles. The maximum atomic E-state index is 6.95. The van der Waals surface area contributed by atoms with Crippen molar-refractivity contribution in [3.63, 3.8) is 0 Å². The Morgan fingerprint density at radius 1 is 0.351 bits per heavy atom. The number of anilines is 3. The lowest BCUT2D eigenvalue weighted by molar-refractivity contribution is 0.590. The minimum absolute atomic E-state index is 0.0232. The third kappa shape index (κ3) is 5.73. The smallest absolute Gasteiger partial charge is 0.143 e. The Hall–Kier alpha value is -8.14. The van der Waals surface area contributed by atoms with Gasteiger partial charge in [-0.3, -0.25) is 0 Å². The van der Waals surface area contributed by atoms with Crippen LogP contribution in [0.1, 0.15) is 101 Å². The maximum absolute atomic E-state index is 6.95. The highest BCUT2D eigenvalue weighted by atomic mass is 16.3. The summed E-state index contributed by atoms with van der Waals surface area (Å²) in [5, 5.41) is 7.19. The van der Waals surface area contributed by atoms with E-state index in [0.29, 0.717) is 0 Å². The molecule has 0 amide bonds. The number of hydrogen-bond donors (Lipinski definition) is 0. The Labute approximate surface area is 432 Å². The zero-order valence-corrected chi connectivity index (χ0v) is 43.6. The van der Waals surface area contributed by atoms with Crippen molar-refractivity contribution in [2.24, 2.45) is 0 Å². The monoisotopic (exact) mass is 955 g/mol. The number of hydrogen-bond acceptors (Lipinski definition) is 3. The van der Waals surface area contributed by atoms with E-state index in [9.17, 15) is 0 Å². The van der Waals surface area contributed by atoms with E-state index in [1.54, 1.807) is 0 Å². The second kappa shape index (κ2) is 14.5.